The number of carbonyl (C=O) groups is 5. The molecule has 11 nitrogen and oxygen atoms in total. The molecule has 2 aromatic rings. The Labute approximate surface area is 288 Å². The van der Waals surface area contributed by atoms with Crippen LogP contribution in [0, 0.1) is 5.92 Å². The summed E-state index contributed by atoms with van der Waals surface area (Å²) in [5.74, 6) is -1.88. The number of allylic oxidation sites excluding steroid dienone is 2. The van der Waals surface area contributed by atoms with Crippen molar-refractivity contribution in [2.24, 2.45) is 5.92 Å². The van der Waals surface area contributed by atoms with E-state index in [1.165, 1.54) is 11.8 Å². The number of nitrogens with zero attached hydrogens (tertiary/aromatic N) is 1. The van der Waals surface area contributed by atoms with Crippen LogP contribution in [-0.4, -0.2) is 67.6 Å². The lowest BCUT2D eigenvalue weighted by Crippen LogP contribution is -2.31. The van der Waals surface area contributed by atoms with Crippen LogP contribution in [0.2, 0.25) is 0 Å². The highest BCUT2D eigenvalue weighted by molar-refractivity contribution is 8.10. The molecule has 48 heavy (non-hydrogen) atoms. The fourth-order valence-electron chi connectivity index (χ4n) is 4.79. The topological polar surface area (TPSA) is 151 Å². The number of hydrogen-bond acceptors (Lipinski definition) is 9. The quantitative estimate of drug-likeness (QED) is 0.156. The molecule has 0 saturated carbocycles. The number of nitrogens with one attached hydrogen (secondary N) is 2. The van der Waals surface area contributed by atoms with Crippen molar-refractivity contribution in [2.45, 2.75) is 50.0 Å². The number of thioether (sulfide) groups is 2. The Morgan fingerprint density at radius 3 is 2.19 bits per heavy atom. The Kier molecular flexibility index (Phi) is 12.7. The molecule has 254 valence electrons. The molecule has 0 bridgehead atoms. The van der Waals surface area contributed by atoms with Crippen LogP contribution in [0.3, 0.4) is 0 Å². The highest BCUT2D eigenvalue weighted by atomic mass is 32.2. The Bertz CT molecular complexity index is 1630. The average Bonchev–Trinajstić information content (AvgIpc) is 3.30. The number of aliphatic carboxylic acids is 1. The van der Waals surface area contributed by atoms with Gasteiger partial charge in [0.25, 0.3) is 17.7 Å². The molecule has 1 unspecified atom stereocenters. The van der Waals surface area contributed by atoms with Crippen LogP contribution in [0.1, 0.15) is 49.9 Å². The molecule has 0 fully saturated rings. The maximum atomic E-state index is 13.9. The van der Waals surface area contributed by atoms with Crippen molar-refractivity contribution >= 4 is 58.8 Å². The molecule has 2 aromatic carbocycles. The van der Waals surface area contributed by atoms with Crippen molar-refractivity contribution in [3.63, 3.8) is 0 Å². The van der Waals surface area contributed by atoms with E-state index in [2.05, 4.69) is 10.6 Å². The molecule has 0 saturated heterocycles. The number of imide groups is 1. The van der Waals surface area contributed by atoms with Gasteiger partial charge in [-0.05, 0) is 75.2 Å². The van der Waals surface area contributed by atoms with Crippen LogP contribution in [0.15, 0.2) is 86.4 Å². The molecule has 2 aliphatic rings. The zero-order chi connectivity index (χ0) is 34.8. The van der Waals surface area contributed by atoms with Crippen molar-refractivity contribution in [3.05, 3.63) is 87.0 Å². The summed E-state index contributed by atoms with van der Waals surface area (Å²) in [6.45, 7) is 4.59. The molecule has 0 aromatic heterocycles. The first kappa shape index (κ1) is 36.5. The van der Waals surface area contributed by atoms with Crippen LogP contribution in [0.5, 0.6) is 5.75 Å². The van der Waals surface area contributed by atoms with E-state index < -0.39 is 23.4 Å². The van der Waals surface area contributed by atoms with Gasteiger partial charge in [0.2, 0.25) is 5.91 Å². The van der Waals surface area contributed by atoms with Crippen molar-refractivity contribution < 1.29 is 38.6 Å². The van der Waals surface area contributed by atoms with Gasteiger partial charge >= 0.3 is 5.97 Å². The Hall–Kier alpha value is -4.33. The minimum Gasteiger partial charge on any atom is -0.488 e. The lowest BCUT2D eigenvalue weighted by atomic mass is 10.0. The summed E-state index contributed by atoms with van der Waals surface area (Å²) in [5, 5.41) is 14.0. The smallest absolute Gasteiger partial charge is 0.303 e. The molecule has 0 spiro atoms. The first-order valence-corrected chi connectivity index (χ1v) is 17.0. The molecule has 4 amide bonds. The summed E-state index contributed by atoms with van der Waals surface area (Å²) in [4.78, 5) is 65.6. The van der Waals surface area contributed by atoms with Crippen LogP contribution >= 0.6 is 23.5 Å². The fourth-order valence-corrected chi connectivity index (χ4v) is 6.83. The van der Waals surface area contributed by atoms with Crippen LogP contribution in [0.4, 0.5) is 5.69 Å². The fraction of sp³-hybridized carbons (Fsp3) is 0.343. The van der Waals surface area contributed by atoms with Gasteiger partial charge in [0.05, 0.1) is 28.0 Å². The van der Waals surface area contributed by atoms with Gasteiger partial charge in [-0.25, -0.2) is 4.90 Å². The van der Waals surface area contributed by atoms with E-state index in [9.17, 15) is 24.0 Å². The second-order valence-corrected chi connectivity index (χ2v) is 13.7. The molecule has 4 rings (SSSR count). The monoisotopic (exact) mass is 693 g/mol. The third-order valence-electron chi connectivity index (χ3n) is 7.45. The van der Waals surface area contributed by atoms with Crippen molar-refractivity contribution in [2.75, 3.05) is 32.2 Å². The summed E-state index contributed by atoms with van der Waals surface area (Å²) in [7, 11) is 3.13. The summed E-state index contributed by atoms with van der Waals surface area (Å²) >= 11 is 2.34. The minimum atomic E-state index is -0.853. The number of anilines is 1. The number of carboxylic acid groups (broad SMARTS) is 1. The molecular weight excluding hydrogens is 655 g/mol. The third-order valence-corrected chi connectivity index (χ3v) is 9.79. The SMILES string of the molecule is CNC(=O)c1ccc(SC2=C(SC3=CCC(C(=O)NC)C=C3)C(=O)N(c3ccc(OC(C)(C)CCOCCCC(=O)O)cc3)C2=O)cc1. The van der Waals surface area contributed by atoms with Crippen molar-refractivity contribution in [3.8, 4) is 5.75 Å². The number of carbonyl (C=O) groups excluding carboxylic acids is 4. The van der Waals surface area contributed by atoms with Gasteiger partial charge in [0.15, 0.2) is 0 Å². The normalized spacial score (nSPS) is 16.2. The van der Waals surface area contributed by atoms with E-state index in [1.54, 1.807) is 74.8 Å². The summed E-state index contributed by atoms with van der Waals surface area (Å²) in [5.41, 5.74) is 0.264. The maximum absolute atomic E-state index is 13.9. The summed E-state index contributed by atoms with van der Waals surface area (Å²) in [6.07, 6.45) is 6.99. The van der Waals surface area contributed by atoms with Gasteiger partial charge < -0.3 is 25.2 Å². The molecule has 1 aliphatic carbocycles. The van der Waals surface area contributed by atoms with Crippen LogP contribution in [0.25, 0.3) is 0 Å². The Morgan fingerprint density at radius 2 is 1.60 bits per heavy atom. The Balaban J connectivity index is 1.50. The first-order chi connectivity index (χ1) is 22.9. The second-order valence-electron chi connectivity index (χ2n) is 11.5. The Morgan fingerprint density at radius 1 is 0.938 bits per heavy atom. The number of benzene rings is 2. The van der Waals surface area contributed by atoms with Crippen LogP contribution in [-0.2, 0) is 23.9 Å². The van der Waals surface area contributed by atoms with E-state index >= 15 is 0 Å². The number of amides is 4. The zero-order valence-electron chi connectivity index (χ0n) is 27.2. The first-order valence-electron chi connectivity index (χ1n) is 15.4. The van der Waals surface area contributed by atoms with Gasteiger partial charge in [-0.3, -0.25) is 24.0 Å². The van der Waals surface area contributed by atoms with Crippen molar-refractivity contribution in [1.29, 1.82) is 0 Å². The summed E-state index contributed by atoms with van der Waals surface area (Å²) in [6, 6.07) is 13.5. The molecule has 1 atom stereocenters. The van der Waals surface area contributed by atoms with Gasteiger partial charge in [-0.15, -0.1) is 0 Å². The number of ether oxygens (including phenoxy) is 2. The third kappa shape index (κ3) is 9.61. The lowest BCUT2D eigenvalue weighted by molar-refractivity contribution is -0.137. The number of hydrogen-bond donors (Lipinski definition) is 3. The van der Waals surface area contributed by atoms with Crippen molar-refractivity contribution in [1.82, 2.24) is 10.6 Å². The van der Waals surface area contributed by atoms with E-state index in [0.29, 0.717) is 54.4 Å². The maximum Gasteiger partial charge on any atom is 0.303 e. The predicted octanol–water partition coefficient (Wildman–Crippen LogP) is 5.29. The zero-order valence-corrected chi connectivity index (χ0v) is 28.9. The van der Waals surface area contributed by atoms with Gasteiger partial charge in [-0.1, -0.05) is 41.8 Å². The van der Waals surface area contributed by atoms with Gasteiger partial charge in [0, 0.05) is 48.9 Å². The largest absolute Gasteiger partial charge is 0.488 e. The van der Waals surface area contributed by atoms with E-state index in [1.807, 2.05) is 19.9 Å². The molecule has 3 N–H and O–H groups in total. The molecule has 0 radical (unpaired) electrons. The lowest BCUT2D eigenvalue weighted by Gasteiger charge is -2.27. The number of rotatable bonds is 16. The van der Waals surface area contributed by atoms with Gasteiger partial charge in [0.1, 0.15) is 11.4 Å². The van der Waals surface area contributed by atoms with E-state index in [0.717, 1.165) is 21.6 Å². The van der Waals surface area contributed by atoms with E-state index in [4.69, 9.17) is 14.6 Å². The van der Waals surface area contributed by atoms with Gasteiger partial charge in [-0.2, -0.15) is 0 Å². The average molecular weight is 694 g/mol. The second kappa shape index (κ2) is 16.7. The standard InChI is InChI=1S/C35H39N3O8S2/c1-35(2,19-21-45-20-5-6-28(39)40)46-25-13-11-24(12-14-25)38-33(43)29(47-26-15-7-22(8-16-26)31(41)36-3)30(34(38)44)48-27-17-9-23(10-18-27)32(42)37-4/h7-9,11-18,23H,5-6,10,19-21H2,1-4H3,(H,36,41)(H,37,42)(H,39,40). The number of carboxylic acids is 1. The molecule has 1 aliphatic heterocycles. The molecule has 13 heteroatoms. The minimum absolute atomic E-state index is 0.0603. The van der Waals surface area contributed by atoms with E-state index in [-0.39, 0.29) is 34.0 Å². The highest BCUT2D eigenvalue weighted by Gasteiger charge is 2.41. The highest BCUT2D eigenvalue weighted by Crippen LogP contribution is 2.45. The summed E-state index contributed by atoms with van der Waals surface area (Å²) < 4.78 is 11.7. The predicted molar refractivity (Wildman–Crippen MR) is 186 cm³/mol. The molecule has 1 heterocycles. The van der Waals surface area contributed by atoms with Crippen LogP contribution < -0.4 is 20.3 Å². The molecular formula is C35H39N3O8S2.